The molecule has 0 fully saturated rings. The average Bonchev–Trinajstić information content (AvgIpc) is 2.67. The molecule has 2 aromatic carbocycles. The van der Waals surface area contributed by atoms with E-state index in [1.165, 1.54) is 12.1 Å². The average molecular weight is 402 g/mol. The summed E-state index contributed by atoms with van der Waals surface area (Å²) in [6.45, 7) is 2.00. The van der Waals surface area contributed by atoms with Gasteiger partial charge in [0.15, 0.2) is 6.61 Å². The van der Waals surface area contributed by atoms with E-state index in [1.807, 2.05) is 37.3 Å². The maximum Gasteiger partial charge on any atom is 0.336 e. The number of carbonyl (C=O) groups excluding carboxylic acids is 1. The third-order valence-electron chi connectivity index (χ3n) is 4.06. The van der Waals surface area contributed by atoms with Gasteiger partial charge in [0.2, 0.25) is 0 Å². The van der Waals surface area contributed by atoms with E-state index in [1.54, 1.807) is 13.2 Å². The Hall–Kier alpha value is -2.83. The van der Waals surface area contributed by atoms with E-state index in [4.69, 9.17) is 25.5 Å². The minimum Gasteiger partial charge on any atom is -0.482 e. The predicted octanol–water partition coefficient (Wildman–Crippen LogP) is 3.64. The molecule has 1 atom stereocenters. The molecule has 1 heterocycles. The molecule has 0 aliphatic rings. The van der Waals surface area contributed by atoms with Gasteiger partial charge in [-0.3, -0.25) is 4.79 Å². The van der Waals surface area contributed by atoms with Crippen LogP contribution in [0, 0.1) is 0 Å². The van der Waals surface area contributed by atoms with Gasteiger partial charge in [-0.2, -0.15) is 0 Å². The molecule has 28 heavy (non-hydrogen) atoms. The van der Waals surface area contributed by atoms with Crippen LogP contribution < -0.4 is 15.7 Å². The maximum absolute atomic E-state index is 12.0. The summed E-state index contributed by atoms with van der Waals surface area (Å²) >= 11 is 6.34. The van der Waals surface area contributed by atoms with Gasteiger partial charge in [-0.1, -0.05) is 41.9 Å². The van der Waals surface area contributed by atoms with Gasteiger partial charge in [0.05, 0.1) is 11.6 Å². The van der Waals surface area contributed by atoms with E-state index < -0.39 is 5.63 Å². The molecule has 0 radical (unpaired) electrons. The summed E-state index contributed by atoms with van der Waals surface area (Å²) in [5.41, 5.74) is 1.44. The number of amides is 1. The zero-order valence-corrected chi connectivity index (χ0v) is 16.3. The number of hydrogen-bond donors (Lipinski definition) is 1. The molecule has 1 amide bonds. The Labute approximate surface area is 167 Å². The highest BCUT2D eigenvalue weighted by atomic mass is 35.5. The Kier molecular flexibility index (Phi) is 6.34. The molecular formula is C21H20ClNO5. The fourth-order valence-electron chi connectivity index (χ4n) is 2.88. The highest BCUT2D eigenvalue weighted by Crippen LogP contribution is 2.34. The van der Waals surface area contributed by atoms with Crippen LogP contribution in [-0.2, 0) is 9.53 Å². The second kappa shape index (κ2) is 8.91. The molecule has 0 saturated heterocycles. The van der Waals surface area contributed by atoms with Crippen LogP contribution in [0.2, 0.25) is 5.02 Å². The first-order valence-electron chi connectivity index (χ1n) is 8.72. The first-order valence-corrected chi connectivity index (χ1v) is 9.09. The lowest BCUT2D eigenvalue weighted by molar-refractivity contribution is -0.124. The Morgan fingerprint density at radius 3 is 2.68 bits per heavy atom. The molecule has 3 aromatic rings. The molecular weight excluding hydrogens is 382 g/mol. The van der Waals surface area contributed by atoms with Crippen LogP contribution in [0.1, 0.15) is 6.92 Å². The van der Waals surface area contributed by atoms with Crippen LogP contribution in [0.4, 0.5) is 0 Å². The van der Waals surface area contributed by atoms with Crippen molar-refractivity contribution in [2.75, 3.05) is 20.3 Å². The molecule has 6 nitrogen and oxygen atoms in total. The molecule has 0 bridgehead atoms. The number of halogens is 1. The third-order valence-corrected chi connectivity index (χ3v) is 4.36. The minimum atomic E-state index is -0.481. The SMILES string of the molecule is COCC(C)NC(=O)COc1cc2oc(=O)cc(-c3ccccc3)c2cc1Cl. The van der Waals surface area contributed by atoms with Gasteiger partial charge < -0.3 is 19.2 Å². The highest BCUT2D eigenvalue weighted by molar-refractivity contribution is 6.33. The van der Waals surface area contributed by atoms with Crippen molar-refractivity contribution in [2.24, 2.45) is 0 Å². The standard InChI is InChI=1S/C21H20ClNO5/c1-13(11-26-2)23-20(24)12-27-19-10-18-16(8-17(19)22)15(9-21(25)28-18)14-6-4-3-5-7-14/h3-10,13H,11-12H2,1-2H3,(H,23,24). The first kappa shape index (κ1) is 19.9. The summed E-state index contributed by atoms with van der Waals surface area (Å²) in [4.78, 5) is 24.0. The number of hydrogen-bond acceptors (Lipinski definition) is 5. The van der Waals surface area contributed by atoms with Gasteiger partial charge in [-0.25, -0.2) is 4.79 Å². The van der Waals surface area contributed by atoms with Crippen molar-refractivity contribution < 1.29 is 18.7 Å². The van der Waals surface area contributed by atoms with Crippen molar-refractivity contribution in [3.8, 4) is 16.9 Å². The number of ether oxygens (including phenoxy) is 2. The van der Waals surface area contributed by atoms with Crippen LogP contribution in [0.3, 0.4) is 0 Å². The minimum absolute atomic E-state index is 0.139. The van der Waals surface area contributed by atoms with E-state index in [9.17, 15) is 9.59 Å². The van der Waals surface area contributed by atoms with Gasteiger partial charge in [-0.05, 0) is 24.1 Å². The summed E-state index contributed by atoms with van der Waals surface area (Å²) in [5, 5.41) is 3.74. The molecule has 0 aliphatic heterocycles. The summed E-state index contributed by atoms with van der Waals surface area (Å²) in [7, 11) is 1.56. The van der Waals surface area contributed by atoms with Gasteiger partial charge in [0.25, 0.3) is 5.91 Å². The van der Waals surface area contributed by atoms with E-state index in [0.29, 0.717) is 28.2 Å². The smallest absolute Gasteiger partial charge is 0.336 e. The Morgan fingerprint density at radius 1 is 1.21 bits per heavy atom. The third kappa shape index (κ3) is 4.71. The predicted molar refractivity (Wildman–Crippen MR) is 108 cm³/mol. The van der Waals surface area contributed by atoms with Crippen LogP contribution in [0.15, 0.2) is 57.7 Å². The fourth-order valence-corrected chi connectivity index (χ4v) is 3.10. The van der Waals surface area contributed by atoms with Crippen molar-refractivity contribution in [1.29, 1.82) is 0 Å². The lowest BCUT2D eigenvalue weighted by Gasteiger charge is -2.14. The van der Waals surface area contributed by atoms with Crippen molar-refractivity contribution in [3.05, 3.63) is 64.0 Å². The number of benzene rings is 2. The Balaban J connectivity index is 1.87. The number of carbonyl (C=O) groups is 1. The first-order chi connectivity index (χ1) is 13.5. The zero-order valence-electron chi connectivity index (χ0n) is 15.5. The van der Waals surface area contributed by atoms with Gasteiger partial charge in [-0.15, -0.1) is 0 Å². The summed E-state index contributed by atoms with van der Waals surface area (Å²) < 4.78 is 15.8. The molecule has 1 aromatic heterocycles. The summed E-state index contributed by atoms with van der Waals surface area (Å²) in [6.07, 6.45) is 0. The van der Waals surface area contributed by atoms with E-state index in [0.717, 1.165) is 5.56 Å². The molecule has 0 aliphatic carbocycles. The van der Waals surface area contributed by atoms with Crippen molar-refractivity contribution in [2.45, 2.75) is 13.0 Å². The highest BCUT2D eigenvalue weighted by Gasteiger charge is 2.14. The largest absolute Gasteiger partial charge is 0.482 e. The molecule has 0 saturated carbocycles. The van der Waals surface area contributed by atoms with Gasteiger partial charge in [0, 0.05) is 30.7 Å². The fraction of sp³-hybridized carbons (Fsp3) is 0.238. The van der Waals surface area contributed by atoms with Crippen molar-refractivity contribution in [1.82, 2.24) is 5.32 Å². The molecule has 1 N–H and O–H groups in total. The van der Waals surface area contributed by atoms with Crippen LogP contribution in [0.5, 0.6) is 5.75 Å². The number of rotatable bonds is 7. The monoisotopic (exact) mass is 401 g/mol. The lowest BCUT2D eigenvalue weighted by atomic mass is 10.0. The summed E-state index contributed by atoms with van der Waals surface area (Å²) in [6, 6.07) is 14.0. The maximum atomic E-state index is 12.0. The van der Waals surface area contributed by atoms with Gasteiger partial charge in [0.1, 0.15) is 11.3 Å². The zero-order chi connectivity index (χ0) is 20.1. The van der Waals surface area contributed by atoms with Crippen molar-refractivity contribution >= 4 is 28.5 Å². The van der Waals surface area contributed by atoms with Gasteiger partial charge >= 0.3 is 5.63 Å². The second-order valence-corrected chi connectivity index (χ2v) is 6.74. The number of fused-ring (bicyclic) bond motifs is 1. The van der Waals surface area contributed by atoms with Crippen LogP contribution in [0.25, 0.3) is 22.1 Å². The normalized spacial score (nSPS) is 12.0. The molecule has 3 rings (SSSR count). The Morgan fingerprint density at radius 2 is 1.96 bits per heavy atom. The van der Waals surface area contributed by atoms with Crippen molar-refractivity contribution in [3.63, 3.8) is 0 Å². The van der Waals surface area contributed by atoms with E-state index in [-0.39, 0.29) is 24.3 Å². The number of nitrogens with one attached hydrogen (secondary N) is 1. The molecule has 146 valence electrons. The van der Waals surface area contributed by atoms with E-state index >= 15 is 0 Å². The van der Waals surface area contributed by atoms with Crippen LogP contribution in [-0.4, -0.2) is 32.3 Å². The summed E-state index contributed by atoms with van der Waals surface area (Å²) in [5.74, 6) is -0.0442. The number of methoxy groups -OCH3 is 1. The topological polar surface area (TPSA) is 77.8 Å². The van der Waals surface area contributed by atoms with E-state index in [2.05, 4.69) is 5.32 Å². The molecule has 1 unspecified atom stereocenters. The Bertz CT molecular complexity index is 1030. The molecule has 0 spiro atoms. The quantitative estimate of drug-likeness (QED) is 0.611. The second-order valence-electron chi connectivity index (χ2n) is 6.34. The molecule has 7 heteroatoms. The lowest BCUT2D eigenvalue weighted by Crippen LogP contribution is -2.38. The van der Waals surface area contributed by atoms with Crippen LogP contribution >= 0.6 is 11.6 Å².